The van der Waals surface area contributed by atoms with Crippen LogP contribution in [0.4, 0.5) is 0 Å². The van der Waals surface area contributed by atoms with Gasteiger partial charge in [0, 0.05) is 17.5 Å². The van der Waals surface area contributed by atoms with Gasteiger partial charge in [0.2, 0.25) is 0 Å². The zero-order valence-corrected chi connectivity index (χ0v) is 14.1. The van der Waals surface area contributed by atoms with Crippen LogP contribution in [0.5, 0.6) is 0 Å². The van der Waals surface area contributed by atoms with Gasteiger partial charge < -0.3 is 9.64 Å². The minimum atomic E-state index is 0.136. The molecular formula is C16H18N2O2S2. The average molecular weight is 334 g/mol. The first kappa shape index (κ1) is 14.4. The Balaban J connectivity index is 1.62. The van der Waals surface area contributed by atoms with Crippen LogP contribution in [0.3, 0.4) is 0 Å². The summed E-state index contributed by atoms with van der Waals surface area (Å²) in [4.78, 5) is 20.4. The van der Waals surface area contributed by atoms with Crippen LogP contribution < -0.4 is 0 Å². The Labute approximate surface area is 137 Å². The fourth-order valence-electron chi connectivity index (χ4n) is 3.41. The molecule has 2 aromatic rings. The lowest BCUT2D eigenvalue weighted by atomic mass is 10.1. The zero-order valence-electron chi connectivity index (χ0n) is 12.4. The Morgan fingerprint density at radius 2 is 2.36 bits per heavy atom. The van der Waals surface area contributed by atoms with Crippen molar-refractivity contribution in [3.63, 3.8) is 0 Å². The number of thiophene rings is 1. The van der Waals surface area contributed by atoms with Gasteiger partial charge >= 0.3 is 0 Å². The number of aromatic nitrogens is 1. The van der Waals surface area contributed by atoms with Crippen LogP contribution in [0.15, 0.2) is 16.8 Å². The first-order valence-corrected chi connectivity index (χ1v) is 9.42. The number of nitrogens with zero attached hydrogens (tertiary/aromatic N) is 2. The number of hydrogen-bond acceptors (Lipinski definition) is 5. The van der Waals surface area contributed by atoms with Crippen molar-refractivity contribution in [1.29, 1.82) is 0 Å². The molecule has 0 radical (unpaired) electrons. The molecule has 2 atom stereocenters. The van der Waals surface area contributed by atoms with Crippen molar-refractivity contribution in [2.45, 2.75) is 38.3 Å². The fourth-order valence-corrected chi connectivity index (χ4v) is 5.15. The summed E-state index contributed by atoms with van der Waals surface area (Å²) >= 11 is 3.17. The van der Waals surface area contributed by atoms with Gasteiger partial charge in [-0.05, 0) is 37.6 Å². The Kier molecular flexibility index (Phi) is 3.76. The summed E-state index contributed by atoms with van der Waals surface area (Å²) in [6.45, 7) is 3.29. The monoisotopic (exact) mass is 334 g/mol. The highest BCUT2D eigenvalue weighted by atomic mass is 32.1. The normalized spacial score (nSPS) is 24.5. The van der Waals surface area contributed by atoms with E-state index >= 15 is 0 Å². The third-order valence-corrected chi connectivity index (χ3v) is 6.38. The van der Waals surface area contributed by atoms with Crippen molar-refractivity contribution in [1.82, 2.24) is 9.88 Å². The molecule has 3 heterocycles. The Hall–Kier alpha value is -1.24. The lowest BCUT2D eigenvalue weighted by Crippen LogP contribution is -2.51. The van der Waals surface area contributed by atoms with Crippen molar-refractivity contribution >= 4 is 28.6 Å². The number of aryl methyl sites for hydroxylation is 1. The molecule has 1 amide bonds. The number of rotatable bonds is 2. The maximum atomic E-state index is 13.0. The second kappa shape index (κ2) is 5.76. The van der Waals surface area contributed by atoms with Gasteiger partial charge in [0.15, 0.2) is 0 Å². The highest BCUT2D eigenvalue weighted by molar-refractivity contribution is 7.17. The molecule has 2 aromatic heterocycles. The maximum absolute atomic E-state index is 13.0. The van der Waals surface area contributed by atoms with E-state index in [0.29, 0.717) is 13.2 Å². The SMILES string of the molecule is Cc1nc(-c2ccsc2)sc1C(=O)N1CCO[C@@H]2CCC[C@H]21. The quantitative estimate of drug-likeness (QED) is 0.843. The third kappa shape index (κ3) is 2.39. The summed E-state index contributed by atoms with van der Waals surface area (Å²) in [6, 6.07) is 2.31. The molecule has 2 aliphatic rings. The first-order chi connectivity index (χ1) is 10.7. The number of carbonyl (C=O) groups excluding carboxylic acids is 1. The van der Waals surface area contributed by atoms with Gasteiger partial charge in [-0.2, -0.15) is 11.3 Å². The van der Waals surface area contributed by atoms with E-state index in [1.165, 1.54) is 11.3 Å². The Morgan fingerprint density at radius 1 is 1.45 bits per heavy atom. The van der Waals surface area contributed by atoms with Gasteiger partial charge in [-0.25, -0.2) is 4.98 Å². The highest BCUT2D eigenvalue weighted by Gasteiger charge is 2.39. The zero-order chi connectivity index (χ0) is 15.1. The first-order valence-electron chi connectivity index (χ1n) is 7.66. The number of hydrogen-bond donors (Lipinski definition) is 0. The number of morpholine rings is 1. The van der Waals surface area contributed by atoms with E-state index in [1.54, 1.807) is 11.3 Å². The van der Waals surface area contributed by atoms with Crippen molar-refractivity contribution in [3.05, 3.63) is 27.4 Å². The number of ether oxygens (including phenoxy) is 1. The number of thiazole rings is 1. The van der Waals surface area contributed by atoms with Gasteiger partial charge in [-0.1, -0.05) is 0 Å². The van der Waals surface area contributed by atoms with E-state index in [0.717, 1.165) is 40.4 Å². The van der Waals surface area contributed by atoms with Crippen molar-refractivity contribution in [3.8, 4) is 10.6 Å². The topological polar surface area (TPSA) is 42.4 Å². The molecule has 4 nitrogen and oxygen atoms in total. The summed E-state index contributed by atoms with van der Waals surface area (Å²) in [5.41, 5.74) is 1.95. The predicted molar refractivity (Wildman–Crippen MR) is 88.6 cm³/mol. The third-order valence-electron chi connectivity index (χ3n) is 4.50. The molecule has 22 heavy (non-hydrogen) atoms. The lowest BCUT2D eigenvalue weighted by Gasteiger charge is -2.37. The summed E-state index contributed by atoms with van der Waals surface area (Å²) in [7, 11) is 0. The number of amides is 1. The summed E-state index contributed by atoms with van der Waals surface area (Å²) < 4.78 is 5.81. The minimum absolute atomic E-state index is 0.136. The molecule has 6 heteroatoms. The molecule has 0 bridgehead atoms. The molecule has 0 N–H and O–H groups in total. The van der Waals surface area contributed by atoms with Gasteiger partial charge in [-0.15, -0.1) is 11.3 Å². The van der Waals surface area contributed by atoms with E-state index in [2.05, 4.69) is 16.4 Å². The molecule has 1 saturated carbocycles. The smallest absolute Gasteiger partial charge is 0.266 e. The minimum Gasteiger partial charge on any atom is -0.374 e. The molecule has 116 valence electrons. The van der Waals surface area contributed by atoms with E-state index in [4.69, 9.17) is 4.74 Å². The standard InChI is InChI=1S/C16H18N2O2S2/c1-10-14(22-15(17-10)11-5-8-21-9-11)16(19)18-6-7-20-13-4-2-3-12(13)18/h5,8-9,12-13H,2-4,6-7H2,1H3/t12-,13-/m1/s1. The van der Waals surface area contributed by atoms with Gasteiger partial charge in [0.25, 0.3) is 5.91 Å². The van der Waals surface area contributed by atoms with Crippen LogP contribution in [0, 0.1) is 6.92 Å². The number of carbonyl (C=O) groups is 1. The van der Waals surface area contributed by atoms with Crippen LogP contribution in [0.2, 0.25) is 0 Å². The Morgan fingerprint density at radius 3 is 3.18 bits per heavy atom. The summed E-state index contributed by atoms with van der Waals surface area (Å²) in [6.07, 6.45) is 3.53. The van der Waals surface area contributed by atoms with Crippen LogP contribution in [-0.4, -0.2) is 41.1 Å². The molecular weight excluding hydrogens is 316 g/mol. The average Bonchev–Trinajstić information content (AvgIpc) is 3.25. The van der Waals surface area contributed by atoms with E-state index in [-0.39, 0.29) is 18.1 Å². The van der Waals surface area contributed by atoms with Gasteiger partial charge in [-0.3, -0.25) is 4.79 Å². The molecule has 1 aliphatic heterocycles. The van der Waals surface area contributed by atoms with Crippen LogP contribution in [0.1, 0.15) is 34.6 Å². The number of fused-ring (bicyclic) bond motifs is 1. The van der Waals surface area contributed by atoms with Gasteiger partial charge in [0.05, 0.1) is 24.4 Å². The molecule has 1 aliphatic carbocycles. The summed E-state index contributed by atoms with van der Waals surface area (Å²) in [5.74, 6) is 0.136. The molecule has 0 spiro atoms. The fraction of sp³-hybridized carbons (Fsp3) is 0.500. The van der Waals surface area contributed by atoms with E-state index in [1.807, 2.05) is 17.2 Å². The second-order valence-electron chi connectivity index (χ2n) is 5.85. The summed E-state index contributed by atoms with van der Waals surface area (Å²) in [5, 5.41) is 5.06. The van der Waals surface area contributed by atoms with Crippen molar-refractivity contribution < 1.29 is 9.53 Å². The largest absolute Gasteiger partial charge is 0.374 e. The van der Waals surface area contributed by atoms with Crippen LogP contribution >= 0.6 is 22.7 Å². The van der Waals surface area contributed by atoms with Crippen molar-refractivity contribution in [2.75, 3.05) is 13.2 Å². The molecule has 2 fully saturated rings. The molecule has 0 unspecified atom stereocenters. The van der Waals surface area contributed by atoms with Gasteiger partial charge in [0.1, 0.15) is 9.88 Å². The predicted octanol–water partition coefficient (Wildman–Crippen LogP) is 3.57. The van der Waals surface area contributed by atoms with E-state index in [9.17, 15) is 4.79 Å². The molecule has 4 rings (SSSR count). The van der Waals surface area contributed by atoms with Crippen LogP contribution in [-0.2, 0) is 4.74 Å². The maximum Gasteiger partial charge on any atom is 0.266 e. The van der Waals surface area contributed by atoms with Crippen LogP contribution in [0.25, 0.3) is 10.6 Å². The highest BCUT2D eigenvalue weighted by Crippen LogP contribution is 2.34. The lowest BCUT2D eigenvalue weighted by molar-refractivity contribution is -0.0444. The molecule has 1 saturated heterocycles. The van der Waals surface area contributed by atoms with E-state index < -0.39 is 0 Å². The van der Waals surface area contributed by atoms with Crippen molar-refractivity contribution in [2.24, 2.45) is 0 Å². The molecule has 0 aromatic carbocycles. The Bertz CT molecular complexity index is 680. The second-order valence-corrected chi connectivity index (χ2v) is 7.63.